The molecule has 1 aromatic rings. The molecule has 1 heterocycles. The Hall–Kier alpha value is -1.05. The SMILES string of the molecule is C=C(C)CCn1cc(C)cn1. The molecule has 2 heteroatoms. The maximum absolute atomic E-state index is 4.16. The van der Waals surface area contributed by atoms with Crippen LogP contribution in [0.5, 0.6) is 0 Å². The van der Waals surface area contributed by atoms with E-state index in [2.05, 4.69) is 11.7 Å². The van der Waals surface area contributed by atoms with Crippen LogP contribution in [0.25, 0.3) is 0 Å². The third kappa shape index (κ3) is 2.58. The second kappa shape index (κ2) is 3.37. The zero-order valence-corrected chi connectivity index (χ0v) is 7.17. The molecule has 1 rings (SSSR count). The molecule has 0 spiro atoms. The number of aryl methyl sites for hydroxylation is 2. The van der Waals surface area contributed by atoms with Crippen molar-refractivity contribution in [2.75, 3.05) is 0 Å². The smallest absolute Gasteiger partial charge is 0.0518 e. The van der Waals surface area contributed by atoms with Gasteiger partial charge in [0.1, 0.15) is 0 Å². The first-order chi connectivity index (χ1) is 5.18. The maximum atomic E-state index is 4.16. The van der Waals surface area contributed by atoms with Gasteiger partial charge in [0, 0.05) is 12.7 Å². The van der Waals surface area contributed by atoms with Gasteiger partial charge in [-0.1, -0.05) is 5.57 Å². The average molecular weight is 150 g/mol. The summed E-state index contributed by atoms with van der Waals surface area (Å²) >= 11 is 0. The molecule has 0 unspecified atom stereocenters. The number of hydrogen-bond donors (Lipinski definition) is 0. The predicted molar refractivity (Wildman–Crippen MR) is 46.4 cm³/mol. The van der Waals surface area contributed by atoms with E-state index in [4.69, 9.17) is 0 Å². The van der Waals surface area contributed by atoms with Crippen molar-refractivity contribution < 1.29 is 0 Å². The maximum Gasteiger partial charge on any atom is 0.0518 e. The standard InChI is InChI=1S/C9H14N2/c1-8(2)4-5-11-7-9(3)6-10-11/h6-7H,1,4-5H2,2-3H3. The molecule has 0 aliphatic heterocycles. The van der Waals surface area contributed by atoms with Crippen LogP contribution in [0, 0.1) is 6.92 Å². The fourth-order valence-corrected chi connectivity index (χ4v) is 0.895. The summed E-state index contributed by atoms with van der Waals surface area (Å²) in [6, 6.07) is 0. The molecule has 0 N–H and O–H groups in total. The van der Waals surface area contributed by atoms with Gasteiger partial charge in [-0.3, -0.25) is 4.68 Å². The Morgan fingerprint density at radius 2 is 2.45 bits per heavy atom. The predicted octanol–water partition coefficient (Wildman–Crippen LogP) is 2.16. The molecule has 60 valence electrons. The van der Waals surface area contributed by atoms with Crippen molar-refractivity contribution in [2.24, 2.45) is 0 Å². The Morgan fingerprint density at radius 1 is 1.73 bits per heavy atom. The number of hydrogen-bond acceptors (Lipinski definition) is 1. The molecule has 11 heavy (non-hydrogen) atoms. The third-order valence-electron chi connectivity index (χ3n) is 1.53. The van der Waals surface area contributed by atoms with Crippen LogP contribution in [0.15, 0.2) is 24.5 Å². The molecule has 0 saturated carbocycles. The summed E-state index contributed by atoms with van der Waals surface area (Å²) in [5.74, 6) is 0. The fraction of sp³-hybridized carbons (Fsp3) is 0.444. The number of nitrogens with zero attached hydrogens (tertiary/aromatic N) is 2. The van der Waals surface area contributed by atoms with E-state index >= 15 is 0 Å². The fourth-order valence-electron chi connectivity index (χ4n) is 0.895. The normalized spacial score (nSPS) is 10.0. The Balaban J connectivity index is 2.45. The number of rotatable bonds is 3. The summed E-state index contributed by atoms with van der Waals surface area (Å²) in [7, 11) is 0. The first kappa shape index (κ1) is 8.05. The van der Waals surface area contributed by atoms with Crippen LogP contribution < -0.4 is 0 Å². The van der Waals surface area contributed by atoms with Crippen molar-refractivity contribution in [3.63, 3.8) is 0 Å². The molecule has 0 amide bonds. The van der Waals surface area contributed by atoms with E-state index in [1.54, 1.807) is 0 Å². The van der Waals surface area contributed by atoms with Gasteiger partial charge in [0.2, 0.25) is 0 Å². The molecule has 0 aliphatic carbocycles. The van der Waals surface area contributed by atoms with Crippen LogP contribution in [0.4, 0.5) is 0 Å². The largest absolute Gasteiger partial charge is 0.272 e. The Bertz CT molecular complexity index is 248. The van der Waals surface area contributed by atoms with Crippen molar-refractivity contribution >= 4 is 0 Å². The Kier molecular flexibility index (Phi) is 2.47. The first-order valence-electron chi connectivity index (χ1n) is 3.82. The van der Waals surface area contributed by atoms with Crippen molar-refractivity contribution in [2.45, 2.75) is 26.8 Å². The lowest BCUT2D eigenvalue weighted by Gasteiger charge is -1.99. The van der Waals surface area contributed by atoms with Gasteiger partial charge >= 0.3 is 0 Å². The molecule has 0 aromatic carbocycles. The summed E-state index contributed by atoms with van der Waals surface area (Å²) in [5, 5.41) is 4.16. The first-order valence-corrected chi connectivity index (χ1v) is 3.82. The van der Waals surface area contributed by atoms with Gasteiger partial charge in [0.15, 0.2) is 0 Å². The lowest BCUT2D eigenvalue weighted by atomic mass is 10.2. The van der Waals surface area contributed by atoms with Gasteiger partial charge in [-0.2, -0.15) is 5.10 Å². The number of aromatic nitrogens is 2. The molecule has 0 saturated heterocycles. The molecule has 1 aromatic heterocycles. The van der Waals surface area contributed by atoms with Crippen LogP contribution in [0.2, 0.25) is 0 Å². The topological polar surface area (TPSA) is 17.8 Å². The minimum absolute atomic E-state index is 0.948. The zero-order valence-electron chi connectivity index (χ0n) is 7.17. The van der Waals surface area contributed by atoms with Gasteiger partial charge in [-0.25, -0.2) is 0 Å². The second-order valence-electron chi connectivity index (χ2n) is 2.99. The quantitative estimate of drug-likeness (QED) is 0.604. The van der Waals surface area contributed by atoms with E-state index in [-0.39, 0.29) is 0 Å². The molecule has 0 aliphatic rings. The summed E-state index contributed by atoms with van der Waals surface area (Å²) in [4.78, 5) is 0. The molecular weight excluding hydrogens is 136 g/mol. The lowest BCUT2D eigenvalue weighted by molar-refractivity contribution is 0.612. The van der Waals surface area contributed by atoms with Crippen molar-refractivity contribution in [3.05, 3.63) is 30.1 Å². The van der Waals surface area contributed by atoms with E-state index in [9.17, 15) is 0 Å². The van der Waals surface area contributed by atoms with Crippen LogP contribution in [-0.4, -0.2) is 9.78 Å². The van der Waals surface area contributed by atoms with Crippen molar-refractivity contribution in [3.8, 4) is 0 Å². The van der Waals surface area contributed by atoms with Gasteiger partial charge in [-0.15, -0.1) is 6.58 Å². The van der Waals surface area contributed by atoms with Crippen LogP contribution >= 0.6 is 0 Å². The summed E-state index contributed by atoms with van der Waals surface area (Å²) in [6.07, 6.45) is 4.93. The highest BCUT2D eigenvalue weighted by Gasteiger charge is 1.92. The van der Waals surface area contributed by atoms with E-state index in [0.29, 0.717) is 0 Å². The number of allylic oxidation sites excluding steroid dienone is 1. The highest BCUT2D eigenvalue weighted by Crippen LogP contribution is 2.00. The third-order valence-corrected chi connectivity index (χ3v) is 1.53. The monoisotopic (exact) mass is 150 g/mol. The van der Waals surface area contributed by atoms with Crippen LogP contribution in [0.1, 0.15) is 18.9 Å². The highest BCUT2D eigenvalue weighted by atomic mass is 15.3. The van der Waals surface area contributed by atoms with Gasteiger partial charge < -0.3 is 0 Å². The van der Waals surface area contributed by atoms with Crippen molar-refractivity contribution in [1.29, 1.82) is 0 Å². The van der Waals surface area contributed by atoms with E-state index in [1.807, 2.05) is 30.9 Å². The average Bonchev–Trinajstić information content (AvgIpc) is 2.31. The highest BCUT2D eigenvalue weighted by molar-refractivity contribution is 4.99. The van der Waals surface area contributed by atoms with Gasteiger partial charge in [0.05, 0.1) is 6.20 Å². The Labute approximate surface area is 67.5 Å². The summed E-state index contributed by atoms with van der Waals surface area (Å²) in [5.41, 5.74) is 2.42. The van der Waals surface area contributed by atoms with Crippen molar-refractivity contribution in [1.82, 2.24) is 9.78 Å². The summed E-state index contributed by atoms with van der Waals surface area (Å²) in [6.45, 7) is 8.87. The minimum Gasteiger partial charge on any atom is -0.272 e. The molecule has 0 radical (unpaired) electrons. The molecule has 0 fully saturated rings. The molecule has 0 atom stereocenters. The van der Waals surface area contributed by atoms with Crippen LogP contribution in [0.3, 0.4) is 0 Å². The lowest BCUT2D eigenvalue weighted by Crippen LogP contribution is -1.97. The van der Waals surface area contributed by atoms with E-state index in [1.165, 1.54) is 11.1 Å². The zero-order chi connectivity index (χ0) is 8.27. The van der Waals surface area contributed by atoms with Crippen LogP contribution in [-0.2, 0) is 6.54 Å². The summed E-state index contributed by atoms with van der Waals surface area (Å²) < 4.78 is 1.95. The van der Waals surface area contributed by atoms with E-state index in [0.717, 1.165) is 13.0 Å². The Morgan fingerprint density at radius 3 is 2.91 bits per heavy atom. The minimum atomic E-state index is 0.948. The molecule has 2 nitrogen and oxygen atoms in total. The van der Waals surface area contributed by atoms with E-state index < -0.39 is 0 Å². The molecule has 0 bridgehead atoms. The van der Waals surface area contributed by atoms with Gasteiger partial charge in [0.25, 0.3) is 0 Å². The second-order valence-corrected chi connectivity index (χ2v) is 2.99. The van der Waals surface area contributed by atoms with Gasteiger partial charge in [-0.05, 0) is 25.8 Å². The molecular formula is C9H14N2.